The number of aromatic nitrogens is 2. The molecule has 0 bridgehead atoms. The maximum absolute atomic E-state index is 5.09. The number of thiazole rings is 1. The number of hydrogen-bond donors (Lipinski definition) is 1. The van der Waals surface area contributed by atoms with Crippen LogP contribution < -0.4 is 10.1 Å². The number of nitrogens with one attached hydrogen (secondary N) is 1. The monoisotopic (exact) mass is 275 g/mol. The molecule has 1 N–H and O–H groups in total. The van der Waals surface area contributed by atoms with Gasteiger partial charge in [-0.15, -0.1) is 11.3 Å². The molecule has 5 heteroatoms. The molecule has 1 aliphatic carbocycles. The molecule has 2 heterocycles. The van der Waals surface area contributed by atoms with Gasteiger partial charge in [0.2, 0.25) is 5.88 Å². The predicted molar refractivity (Wildman–Crippen MR) is 75.8 cm³/mol. The van der Waals surface area contributed by atoms with Crippen LogP contribution in [0.15, 0.2) is 18.3 Å². The van der Waals surface area contributed by atoms with Crippen molar-refractivity contribution in [3.8, 4) is 5.88 Å². The van der Waals surface area contributed by atoms with Gasteiger partial charge in [0.25, 0.3) is 0 Å². The molecule has 2 aromatic rings. The Hall–Kier alpha value is -1.46. The summed E-state index contributed by atoms with van der Waals surface area (Å²) in [5.74, 6) is 0.639. The molecule has 1 atom stereocenters. The van der Waals surface area contributed by atoms with Crippen LogP contribution in [0.5, 0.6) is 5.88 Å². The van der Waals surface area contributed by atoms with E-state index < -0.39 is 0 Å². The first-order valence-electron chi connectivity index (χ1n) is 6.47. The fraction of sp³-hybridized carbons (Fsp3) is 0.429. The highest BCUT2D eigenvalue weighted by Crippen LogP contribution is 2.33. The topological polar surface area (TPSA) is 47.0 Å². The minimum Gasteiger partial charge on any atom is -0.481 e. The quantitative estimate of drug-likeness (QED) is 0.930. The maximum atomic E-state index is 5.09. The van der Waals surface area contributed by atoms with Gasteiger partial charge in [-0.3, -0.25) is 0 Å². The average Bonchev–Trinajstić information content (AvgIpc) is 3.02. The predicted octanol–water partition coefficient (Wildman–Crippen LogP) is 2.34. The van der Waals surface area contributed by atoms with E-state index >= 15 is 0 Å². The number of nitrogens with zero attached hydrogens (tertiary/aromatic N) is 2. The van der Waals surface area contributed by atoms with Gasteiger partial charge in [0.05, 0.1) is 18.8 Å². The number of fused-ring (bicyclic) bond motifs is 1. The molecule has 0 saturated carbocycles. The summed E-state index contributed by atoms with van der Waals surface area (Å²) >= 11 is 1.83. The lowest BCUT2D eigenvalue weighted by Gasteiger charge is -2.13. The summed E-state index contributed by atoms with van der Waals surface area (Å²) in [5, 5.41) is 4.47. The second-order valence-corrected chi connectivity index (χ2v) is 5.75. The lowest BCUT2D eigenvalue weighted by atomic mass is 10.1. The molecule has 1 aliphatic rings. The van der Waals surface area contributed by atoms with Crippen LogP contribution >= 0.6 is 11.3 Å². The number of aryl methyl sites for hydroxylation is 2. The van der Waals surface area contributed by atoms with E-state index in [4.69, 9.17) is 9.72 Å². The number of ether oxygens (including phenoxy) is 1. The first-order valence-corrected chi connectivity index (χ1v) is 7.29. The van der Waals surface area contributed by atoms with Crippen LogP contribution in [0.2, 0.25) is 0 Å². The lowest BCUT2D eigenvalue weighted by molar-refractivity contribution is 0.397. The Kier molecular flexibility index (Phi) is 3.48. The SMILES string of the molecule is CNC(c1ccc(OC)nc1)c1nc2c(s1)CCC2. The fourth-order valence-electron chi connectivity index (χ4n) is 2.45. The molecule has 4 nitrogen and oxygen atoms in total. The highest BCUT2D eigenvalue weighted by atomic mass is 32.1. The number of methoxy groups -OCH3 is 1. The summed E-state index contributed by atoms with van der Waals surface area (Å²) in [6, 6.07) is 4.05. The molecule has 0 fully saturated rings. The Bertz CT molecular complexity index is 543. The van der Waals surface area contributed by atoms with Gasteiger partial charge in [0.15, 0.2) is 0 Å². The van der Waals surface area contributed by atoms with E-state index in [1.54, 1.807) is 7.11 Å². The average molecular weight is 275 g/mol. The van der Waals surface area contributed by atoms with Gasteiger partial charge in [0.1, 0.15) is 5.01 Å². The zero-order valence-electron chi connectivity index (χ0n) is 11.1. The maximum Gasteiger partial charge on any atom is 0.212 e. The number of hydrogen-bond acceptors (Lipinski definition) is 5. The molecule has 0 spiro atoms. The molecule has 3 rings (SSSR count). The van der Waals surface area contributed by atoms with Crippen molar-refractivity contribution in [2.45, 2.75) is 25.3 Å². The third-order valence-corrected chi connectivity index (χ3v) is 4.67. The van der Waals surface area contributed by atoms with Gasteiger partial charge in [-0.2, -0.15) is 0 Å². The Morgan fingerprint density at radius 3 is 2.89 bits per heavy atom. The summed E-state index contributed by atoms with van der Waals surface area (Å²) in [4.78, 5) is 10.5. The Morgan fingerprint density at radius 1 is 1.37 bits per heavy atom. The van der Waals surface area contributed by atoms with E-state index in [0.29, 0.717) is 5.88 Å². The molecule has 1 unspecified atom stereocenters. The highest BCUT2D eigenvalue weighted by Gasteiger charge is 2.22. The lowest BCUT2D eigenvalue weighted by Crippen LogP contribution is -2.17. The van der Waals surface area contributed by atoms with Crippen molar-refractivity contribution in [3.63, 3.8) is 0 Å². The Morgan fingerprint density at radius 2 is 2.26 bits per heavy atom. The van der Waals surface area contributed by atoms with Gasteiger partial charge < -0.3 is 10.1 Å². The smallest absolute Gasteiger partial charge is 0.212 e. The van der Waals surface area contributed by atoms with Crippen LogP contribution in [-0.2, 0) is 12.8 Å². The zero-order valence-corrected chi connectivity index (χ0v) is 12.0. The minimum absolute atomic E-state index is 0.119. The van der Waals surface area contributed by atoms with Crippen LogP contribution in [0.25, 0.3) is 0 Å². The molecule has 0 aliphatic heterocycles. The van der Waals surface area contributed by atoms with Crippen molar-refractivity contribution < 1.29 is 4.74 Å². The first-order chi connectivity index (χ1) is 9.31. The fourth-order valence-corrected chi connectivity index (χ4v) is 3.74. The summed E-state index contributed by atoms with van der Waals surface area (Å²) in [5.41, 5.74) is 2.41. The van der Waals surface area contributed by atoms with E-state index in [0.717, 1.165) is 17.0 Å². The molecular weight excluding hydrogens is 258 g/mol. The Labute approximate surface area is 116 Å². The van der Waals surface area contributed by atoms with E-state index in [9.17, 15) is 0 Å². The van der Waals surface area contributed by atoms with E-state index in [1.807, 2.05) is 36.7 Å². The number of rotatable bonds is 4. The van der Waals surface area contributed by atoms with E-state index in [1.165, 1.54) is 23.4 Å². The second-order valence-electron chi connectivity index (χ2n) is 4.63. The van der Waals surface area contributed by atoms with Crippen molar-refractivity contribution >= 4 is 11.3 Å². The van der Waals surface area contributed by atoms with Crippen molar-refractivity contribution in [2.24, 2.45) is 0 Å². The van der Waals surface area contributed by atoms with Gasteiger partial charge in [-0.25, -0.2) is 9.97 Å². The normalized spacial score (nSPS) is 15.3. The minimum atomic E-state index is 0.119. The largest absolute Gasteiger partial charge is 0.481 e. The van der Waals surface area contributed by atoms with E-state index in [2.05, 4.69) is 10.3 Å². The molecule has 0 radical (unpaired) electrons. The second kappa shape index (κ2) is 5.27. The van der Waals surface area contributed by atoms with Crippen molar-refractivity contribution in [1.29, 1.82) is 0 Å². The van der Waals surface area contributed by atoms with Gasteiger partial charge in [-0.1, -0.05) is 6.07 Å². The molecule has 100 valence electrons. The summed E-state index contributed by atoms with van der Waals surface area (Å²) in [6.45, 7) is 0. The highest BCUT2D eigenvalue weighted by molar-refractivity contribution is 7.11. The van der Waals surface area contributed by atoms with Crippen LogP contribution in [0.4, 0.5) is 0 Å². The van der Waals surface area contributed by atoms with Gasteiger partial charge in [-0.05, 0) is 31.9 Å². The van der Waals surface area contributed by atoms with Gasteiger partial charge >= 0.3 is 0 Å². The summed E-state index contributed by atoms with van der Waals surface area (Å²) < 4.78 is 5.09. The van der Waals surface area contributed by atoms with E-state index in [-0.39, 0.29) is 6.04 Å². The Balaban J connectivity index is 1.90. The van der Waals surface area contributed by atoms with Crippen molar-refractivity contribution in [2.75, 3.05) is 14.2 Å². The van der Waals surface area contributed by atoms with Crippen molar-refractivity contribution in [3.05, 3.63) is 39.5 Å². The molecule has 19 heavy (non-hydrogen) atoms. The zero-order chi connectivity index (χ0) is 13.2. The van der Waals surface area contributed by atoms with Crippen LogP contribution in [-0.4, -0.2) is 24.1 Å². The standard InChI is InChI=1S/C14H17N3OS/c1-15-13(9-6-7-12(18-2)16-8-9)14-17-10-4-3-5-11(10)19-14/h6-8,13,15H,3-5H2,1-2H3. The van der Waals surface area contributed by atoms with Crippen LogP contribution in [0, 0.1) is 0 Å². The van der Waals surface area contributed by atoms with Crippen molar-refractivity contribution in [1.82, 2.24) is 15.3 Å². The van der Waals surface area contributed by atoms with Crippen LogP contribution in [0.3, 0.4) is 0 Å². The molecule has 0 aromatic carbocycles. The summed E-state index contributed by atoms with van der Waals surface area (Å²) in [7, 11) is 3.59. The molecular formula is C14H17N3OS. The molecule has 0 saturated heterocycles. The summed E-state index contributed by atoms with van der Waals surface area (Å²) in [6.07, 6.45) is 5.42. The third kappa shape index (κ3) is 2.35. The first kappa shape index (κ1) is 12.6. The third-order valence-electron chi connectivity index (χ3n) is 3.45. The molecule has 0 amide bonds. The van der Waals surface area contributed by atoms with Crippen LogP contribution in [0.1, 0.15) is 33.6 Å². The van der Waals surface area contributed by atoms with Gasteiger partial charge in [0, 0.05) is 17.1 Å². The molecule has 2 aromatic heterocycles. The number of pyridine rings is 1.